The van der Waals surface area contributed by atoms with Crippen LogP contribution in [-0.4, -0.2) is 5.91 Å². The highest BCUT2D eigenvalue weighted by Crippen LogP contribution is 2.20. The summed E-state index contributed by atoms with van der Waals surface area (Å²) in [6, 6.07) is 13.3. The third kappa shape index (κ3) is 3.36. The lowest BCUT2D eigenvalue weighted by Gasteiger charge is -2.10. The van der Waals surface area contributed by atoms with Gasteiger partial charge in [0.1, 0.15) is 12.4 Å². The van der Waals surface area contributed by atoms with E-state index in [-0.39, 0.29) is 5.91 Å². The van der Waals surface area contributed by atoms with E-state index in [1.807, 2.05) is 38.1 Å². The molecule has 0 radical (unpaired) electrons. The Balaban J connectivity index is 2.09. The van der Waals surface area contributed by atoms with Gasteiger partial charge in [-0.15, -0.1) is 0 Å². The topological polar surface area (TPSA) is 64.3 Å². The van der Waals surface area contributed by atoms with Gasteiger partial charge in [-0.05, 0) is 43.2 Å². The minimum absolute atomic E-state index is 0.307. The maximum Gasteiger partial charge on any atom is 0.265 e. The zero-order valence-electron chi connectivity index (χ0n) is 11.6. The molecule has 0 aliphatic carbocycles. The predicted molar refractivity (Wildman–Crippen MR) is 78.3 cm³/mol. The van der Waals surface area contributed by atoms with Crippen LogP contribution in [0.2, 0.25) is 0 Å². The number of nitrogens with one attached hydrogen (secondary N) is 1. The molecule has 4 nitrogen and oxygen atoms in total. The van der Waals surface area contributed by atoms with Crippen LogP contribution in [0, 0.1) is 13.8 Å². The fourth-order valence-electron chi connectivity index (χ4n) is 2.01. The van der Waals surface area contributed by atoms with Gasteiger partial charge >= 0.3 is 0 Å². The van der Waals surface area contributed by atoms with E-state index < -0.39 is 0 Å². The zero-order valence-corrected chi connectivity index (χ0v) is 11.6. The number of nitrogens with two attached hydrogens (primary N) is 1. The number of rotatable bonds is 4. The van der Waals surface area contributed by atoms with Gasteiger partial charge in [-0.2, -0.15) is 0 Å². The van der Waals surface area contributed by atoms with Crippen molar-refractivity contribution in [2.24, 2.45) is 5.84 Å². The van der Waals surface area contributed by atoms with Crippen molar-refractivity contribution < 1.29 is 9.53 Å². The summed E-state index contributed by atoms with van der Waals surface area (Å²) < 4.78 is 5.78. The van der Waals surface area contributed by atoms with Crippen LogP contribution in [0.15, 0.2) is 42.5 Å². The van der Waals surface area contributed by atoms with Gasteiger partial charge in [-0.25, -0.2) is 5.84 Å². The van der Waals surface area contributed by atoms with Gasteiger partial charge in [0.25, 0.3) is 5.91 Å². The van der Waals surface area contributed by atoms with Crippen molar-refractivity contribution in [3.8, 4) is 5.75 Å². The van der Waals surface area contributed by atoms with Crippen LogP contribution in [0.4, 0.5) is 0 Å². The van der Waals surface area contributed by atoms with Crippen LogP contribution in [0.1, 0.15) is 27.0 Å². The van der Waals surface area contributed by atoms with Gasteiger partial charge in [-0.3, -0.25) is 10.2 Å². The lowest BCUT2D eigenvalue weighted by Crippen LogP contribution is -2.30. The Kier molecular flexibility index (Phi) is 4.38. The van der Waals surface area contributed by atoms with E-state index in [2.05, 4.69) is 11.5 Å². The summed E-state index contributed by atoms with van der Waals surface area (Å²) in [5.74, 6) is 5.67. The monoisotopic (exact) mass is 270 g/mol. The van der Waals surface area contributed by atoms with Crippen molar-refractivity contribution in [3.63, 3.8) is 0 Å². The number of nitrogen functional groups attached to an aromatic ring is 1. The Morgan fingerprint density at radius 2 is 2.00 bits per heavy atom. The first-order chi connectivity index (χ1) is 9.60. The van der Waals surface area contributed by atoms with Crippen molar-refractivity contribution in [2.75, 3.05) is 0 Å². The van der Waals surface area contributed by atoms with Crippen molar-refractivity contribution in [1.29, 1.82) is 0 Å². The minimum atomic E-state index is -0.307. The van der Waals surface area contributed by atoms with Crippen LogP contribution in [-0.2, 0) is 6.61 Å². The standard InChI is InChI=1S/C16H18N2O2/c1-11-6-7-15(12(2)8-11)20-10-13-4-3-5-14(9-13)16(19)18-17/h3-9H,10,17H2,1-2H3,(H,18,19). The first kappa shape index (κ1) is 14.1. The largest absolute Gasteiger partial charge is 0.489 e. The van der Waals surface area contributed by atoms with Crippen molar-refractivity contribution >= 4 is 5.91 Å². The Labute approximate surface area is 118 Å². The number of hydrogen-bond donors (Lipinski definition) is 2. The van der Waals surface area contributed by atoms with Gasteiger partial charge < -0.3 is 4.74 Å². The van der Waals surface area contributed by atoms with Crippen LogP contribution in [0.25, 0.3) is 0 Å². The second-order valence-electron chi connectivity index (χ2n) is 4.73. The van der Waals surface area contributed by atoms with Gasteiger partial charge in [-0.1, -0.05) is 29.8 Å². The average molecular weight is 270 g/mol. The molecule has 2 aromatic rings. The first-order valence-electron chi connectivity index (χ1n) is 6.40. The number of ether oxygens (including phenoxy) is 1. The van der Waals surface area contributed by atoms with Crippen LogP contribution in [0.3, 0.4) is 0 Å². The first-order valence-corrected chi connectivity index (χ1v) is 6.40. The highest BCUT2D eigenvalue weighted by atomic mass is 16.5. The lowest BCUT2D eigenvalue weighted by molar-refractivity contribution is 0.0953. The number of amides is 1. The Morgan fingerprint density at radius 1 is 1.20 bits per heavy atom. The quantitative estimate of drug-likeness (QED) is 0.509. The van der Waals surface area contributed by atoms with E-state index >= 15 is 0 Å². The van der Waals surface area contributed by atoms with Crippen LogP contribution < -0.4 is 16.0 Å². The van der Waals surface area contributed by atoms with Crippen molar-refractivity contribution in [2.45, 2.75) is 20.5 Å². The Bertz CT molecular complexity index is 624. The van der Waals surface area contributed by atoms with Crippen LogP contribution in [0.5, 0.6) is 5.75 Å². The molecule has 104 valence electrons. The highest BCUT2D eigenvalue weighted by Gasteiger charge is 2.05. The molecule has 3 N–H and O–H groups in total. The maximum atomic E-state index is 11.5. The summed E-state index contributed by atoms with van der Waals surface area (Å²) in [6.07, 6.45) is 0. The fourth-order valence-corrected chi connectivity index (χ4v) is 2.01. The minimum Gasteiger partial charge on any atom is -0.489 e. The van der Waals surface area contributed by atoms with Gasteiger partial charge in [0.2, 0.25) is 0 Å². The molecule has 0 saturated carbocycles. The van der Waals surface area contributed by atoms with Gasteiger partial charge in [0.15, 0.2) is 0 Å². The molecule has 0 spiro atoms. The summed E-state index contributed by atoms with van der Waals surface area (Å²) in [5.41, 5.74) is 5.87. The lowest BCUT2D eigenvalue weighted by atomic mass is 10.1. The molecular formula is C16H18N2O2. The molecule has 0 aromatic heterocycles. The molecular weight excluding hydrogens is 252 g/mol. The molecule has 20 heavy (non-hydrogen) atoms. The van der Waals surface area contributed by atoms with E-state index in [1.165, 1.54) is 5.56 Å². The summed E-state index contributed by atoms with van der Waals surface area (Å²) >= 11 is 0. The van der Waals surface area contributed by atoms with Crippen molar-refractivity contribution in [1.82, 2.24) is 5.43 Å². The molecule has 2 rings (SSSR count). The molecule has 2 aromatic carbocycles. The van der Waals surface area contributed by atoms with E-state index in [4.69, 9.17) is 10.6 Å². The summed E-state index contributed by atoms with van der Waals surface area (Å²) in [6.45, 7) is 4.47. The van der Waals surface area contributed by atoms with Crippen LogP contribution >= 0.6 is 0 Å². The zero-order chi connectivity index (χ0) is 14.5. The van der Waals surface area contributed by atoms with E-state index in [1.54, 1.807) is 12.1 Å². The van der Waals surface area contributed by atoms with Gasteiger partial charge in [0.05, 0.1) is 0 Å². The molecule has 0 aliphatic rings. The number of aryl methyl sites for hydroxylation is 2. The number of carbonyl (C=O) groups is 1. The molecule has 0 saturated heterocycles. The molecule has 0 aliphatic heterocycles. The molecule has 0 atom stereocenters. The van der Waals surface area contributed by atoms with E-state index in [9.17, 15) is 4.79 Å². The third-order valence-corrected chi connectivity index (χ3v) is 3.05. The maximum absolute atomic E-state index is 11.5. The molecule has 0 heterocycles. The van der Waals surface area contributed by atoms with E-state index in [0.29, 0.717) is 12.2 Å². The number of benzene rings is 2. The average Bonchev–Trinajstić information content (AvgIpc) is 2.46. The molecule has 4 heteroatoms. The smallest absolute Gasteiger partial charge is 0.265 e. The molecule has 1 amide bonds. The normalized spacial score (nSPS) is 10.2. The predicted octanol–water partition coefficient (Wildman–Crippen LogP) is 2.49. The van der Waals surface area contributed by atoms with E-state index in [0.717, 1.165) is 16.9 Å². The third-order valence-electron chi connectivity index (χ3n) is 3.05. The molecule has 0 bridgehead atoms. The second kappa shape index (κ2) is 6.21. The summed E-state index contributed by atoms with van der Waals surface area (Å²) in [5, 5.41) is 0. The SMILES string of the molecule is Cc1ccc(OCc2cccc(C(=O)NN)c2)c(C)c1. The summed E-state index contributed by atoms with van der Waals surface area (Å²) in [4.78, 5) is 11.5. The highest BCUT2D eigenvalue weighted by molar-refractivity contribution is 5.93. The van der Waals surface area contributed by atoms with Crippen molar-refractivity contribution in [3.05, 3.63) is 64.7 Å². The fraction of sp³-hybridized carbons (Fsp3) is 0.188. The van der Waals surface area contributed by atoms with Gasteiger partial charge in [0, 0.05) is 5.56 Å². The number of hydrazine groups is 1. The molecule has 0 fully saturated rings. The molecule has 0 unspecified atom stereocenters. The Hall–Kier alpha value is -2.33. The number of hydrogen-bond acceptors (Lipinski definition) is 3. The Morgan fingerprint density at radius 3 is 2.70 bits per heavy atom. The summed E-state index contributed by atoms with van der Waals surface area (Å²) in [7, 11) is 0. The number of carbonyl (C=O) groups excluding carboxylic acids is 1. The second-order valence-corrected chi connectivity index (χ2v) is 4.73.